The summed E-state index contributed by atoms with van der Waals surface area (Å²) in [7, 11) is 0. The van der Waals surface area contributed by atoms with E-state index in [1.807, 2.05) is 24.3 Å². The van der Waals surface area contributed by atoms with Crippen LogP contribution in [0.25, 0.3) is 55.4 Å². The molecule has 7 rings (SSSR count). The highest BCUT2D eigenvalue weighted by Gasteiger charge is 2.22. The number of aromatic amines is 2. The normalized spacial score (nSPS) is 14.3. The maximum atomic E-state index is 13.7. The lowest BCUT2D eigenvalue weighted by atomic mass is 9.88. The SMILES string of the molecule is O=C(Nc1cncc(-c2ccc3[nH]nc(-c4nc5c(-c6ccc(F)s6)nccc5[nH]4)c3n2)c1)C1CCCCC1. The van der Waals surface area contributed by atoms with E-state index in [-0.39, 0.29) is 17.0 Å². The number of aromatic nitrogens is 7. The Balaban J connectivity index is 1.22. The average Bonchev–Trinajstić information content (AvgIpc) is 3.71. The Morgan fingerprint density at radius 2 is 1.85 bits per heavy atom. The summed E-state index contributed by atoms with van der Waals surface area (Å²) < 4.78 is 13.7. The smallest absolute Gasteiger partial charge is 0.227 e. The van der Waals surface area contributed by atoms with Crippen LogP contribution < -0.4 is 5.32 Å². The third-order valence-corrected chi connectivity index (χ3v) is 8.00. The lowest BCUT2D eigenvalue weighted by Gasteiger charge is -2.20. The van der Waals surface area contributed by atoms with Crippen LogP contribution in [0.3, 0.4) is 0 Å². The van der Waals surface area contributed by atoms with Crippen LogP contribution in [-0.4, -0.2) is 41.0 Å². The van der Waals surface area contributed by atoms with Crippen LogP contribution in [-0.2, 0) is 4.79 Å². The molecular weight excluding hydrogens is 515 g/mol. The van der Waals surface area contributed by atoms with Crippen molar-refractivity contribution in [3.8, 4) is 33.3 Å². The molecule has 1 saturated carbocycles. The van der Waals surface area contributed by atoms with Crippen LogP contribution in [0, 0.1) is 11.0 Å². The number of H-pyrrole nitrogens is 2. The van der Waals surface area contributed by atoms with E-state index < -0.39 is 0 Å². The minimum Gasteiger partial charge on any atom is -0.336 e. The summed E-state index contributed by atoms with van der Waals surface area (Å²) in [4.78, 5) is 35.2. The largest absolute Gasteiger partial charge is 0.336 e. The predicted octanol–water partition coefficient (Wildman–Crippen LogP) is 6.34. The molecule has 9 nitrogen and oxygen atoms in total. The molecule has 0 aromatic carbocycles. The minimum absolute atomic E-state index is 0.0539. The highest BCUT2D eigenvalue weighted by molar-refractivity contribution is 7.13. The standard InChI is InChI=1S/C28H23FN8OS/c29-22-9-8-21(39-22)25-23-19(10-11-31-25)34-27(35-23)26-24-20(36-37-26)7-6-18(33-24)16-12-17(14-30-13-16)32-28(38)15-4-2-1-3-5-15/h6-15H,1-5H2,(H,32,38)(H,34,35)(H,36,37). The Bertz CT molecular complexity index is 1830. The number of fused-ring (bicyclic) bond motifs is 2. The summed E-state index contributed by atoms with van der Waals surface area (Å²) in [6.45, 7) is 0. The molecule has 6 aromatic rings. The molecular formula is C28H23FN8OS. The number of halogens is 1. The first kappa shape index (κ1) is 23.6. The molecule has 39 heavy (non-hydrogen) atoms. The van der Waals surface area contributed by atoms with Crippen LogP contribution in [0.15, 0.2) is 55.0 Å². The van der Waals surface area contributed by atoms with Gasteiger partial charge in [0.2, 0.25) is 5.91 Å². The Labute approximate surface area is 226 Å². The van der Waals surface area contributed by atoms with Crippen molar-refractivity contribution in [1.82, 2.24) is 35.1 Å². The van der Waals surface area contributed by atoms with Crippen molar-refractivity contribution >= 4 is 45.0 Å². The molecule has 1 amide bonds. The second-order valence-electron chi connectivity index (χ2n) is 9.70. The summed E-state index contributed by atoms with van der Waals surface area (Å²) in [6, 6.07) is 10.6. The number of carbonyl (C=O) groups is 1. The van der Waals surface area contributed by atoms with Crippen molar-refractivity contribution in [1.29, 1.82) is 0 Å². The lowest BCUT2D eigenvalue weighted by Crippen LogP contribution is -2.24. The maximum Gasteiger partial charge on any atom is 0.227 e. The van der Waals surface area contributed by atoms with E-state index in [2.05, 4.69) is 30.5 Å². The topological polar surface area (TPSA) is 125 Å². The van der Waals surface area contributed by atoms with Gasteiger partial charge >= 0.3 is 0 Å². The van der Waals surface area contributed by atoms with Crippen molar-refractivity contribution in [2.24, 2.45) is 5.92 Å². The summed E-state index contributed by atoms with van der Waals surface area (Å²) in [5.74, 6) is 0.640. The predicted molar refractivity (Wildman–Crippen MR) is 148 cm³/mol. The molecule has 0 spiro atoms. The molecule has 1 aliphatic rings. The second-order valence-corrected chi connectivity index (χ2v) is 10.7. The average molecular weight is 539 g/mol. The van der Waals surface area contributed by atoms with Crippen LogP contribution in [0.4, 0.5) is 10.1 Å². The highest BCUT2D eigenvalue weighted by Crippen LogP contribution is 2.33. The monoisotopic (exact) mass is 538 g/mol. The van der Waals surface area contributed by atoms with Gasteiger partial charge in [0, 0.05) is 23.9 Å². The van der Waals surface area contributed by atoms with Gasteiger partial charge in [-0.3, -0.25) is 19.9 Å². The Morgan fingerprint density at radius 3 is 2.69 bits per heavy atom. The van der Waals surface area contributed by atoms with Crippen molar-refractivity contribution in [2.45, 2.75) is 32.1 Å². The van der Waals surface area contributed by atoms with Gasteiger partial charge in [0.25, 0.3) is 0 Å². The van der Waals surface area contributed by atoms with Crippen molar-refractivity contribution < 1.29 is 9.18 Å². The van der Waals surface area contributed by atoms with E-state index in [4.69, 9.17) is 9.97 Å². The zero-order valence-corrected chi connectivity index (χ0v) is 21.6. The molecule has 0 unspecified atom stereocenters. The van der Waals surface area contributed by atoms with Crippen molar-refractivity contribution in [3.63, 3.8) is 0 Å². The lowest BCUT2D eigenvalue weighted by molar-refractivity contribution is -0.120. The van der Waals surface area contributed by atoms with Gasteiger partial charge in [-0.25, -0.2) is 9.97 Å². The zero-order chi connectivity index (χ0) is 26.3. The number of imidazole rings is 1. The number of thiophene rings is 1. The molecule has 1 aliphatic carbocycles. The first-order chi connectivity index (χ1) is 19.1. The second kappa shape index (κ2) is 9.66. The first-order valence-corrected chi connectivity index (χ1v) is 13.7. The highest BCUT2D eigenvalue weighted by atomic mass is 32.1. The molecule has 11 heteroatoms. The van der Waals surface area contributed by atoms with E-state index in [9.17, 15) is 9.18 Å². The molecule has 3 N–H and O–H groups in total. The van der Waals surface area contributed by atoms with Crippen LogP contribution >= 0.6 is 11.3 Å². The zero-order valence-electron chi connectivity index (χ0n) is 20.7. The van der Waals surface area contributed by atoms with Crippen LogP contribution in [0.1, 0.15) is 32.1 Å². The van der Waals surface area contributed by atoms with Gasteiger partial charge < -0.3 is 10.3 Å². The number of nitrogens with zero attached hydrogens (tertiary/aromatic N) is 5. The molecule has 0 radical (unpaired) electrons. The van der Waals surface area contributed by atoms with E-state index in [1.54, 1.807) is 24.7 Å². The molecule has 194 valence electrons. The van der Waals surface area contributed by atoms with Gasteiger partial charge in [-0.1, -0.05) is 19.3 Å². The molecule has 6 aromatic heterocycles. The number of pyridine rings is 3. The summed E-state index contributed by atoms with van der Waals surface area (Å²) >= 11 is 1.03. The van der Waals surface area contributed by atoms with E-state index >= 15 is 0 Å². The Kier molecular flexibility index (Phi) is 5.85. The van der Waals surface area contributed by atoms with Crippen LogP contribution in [0.2, 0.25) is 0 Å². The number of carbonyl (C=O) groups excluding carboxylic acids is 1. The fraction of sp³-hybridized carbons (Fsp3) is 0.214. The number of hydrogen-bond donors (Lipinski definition) is 3. The number of rotatable bonds is 5. The molecule has 6 heterocycles. The number of anilines is 1. The third-order valence-electron chi connectivity index (χ3n) is 7.12. The molecule has 0 bridgehead atoms. The fourth-order valence-corrected chi connectivity index (χ4v) is 5.88. The first-order valence-electron chi connectivity index (χ1n) is 12.8. The summed E-state index contributed by atoms with van der Waals surface area (Å²) in [5.41, 5.74) is 6.08. The van der Waals surface area contributed by atoms with Gasteiger partial charge in [0.1, 0.15) is 16.7 Å². The Morgan fingerprint density at radius 1 is 0.974 bits per heavy atom. The summed E-state index contributed by atoms with van der Waals surface area (Å²) in [5, 5.41) is 10.3. The van der Waals surface area contributed by atoms with E-state index in [1.165, 1.54) is 12.5 Å². The minimum atomic E-state index is -0.276. The maximum absolute atomic E-state index is 13.7. The molecule has 0 aliphatic heterocycles. The van der Waals surface area contributed by atoms with Crippen molar-refractivity contribution in [3.05, 3.63) is 60.1 Å². The quantitative estimate of drug-likeness (QED) is 0.235. The van der Waals surface area contributed by atoms with Gasteiger partial charge in [-0.2, -0.15) is 9.49 Å². The van der Waals surface area contributed by atoms with E-state index in [0.29, 0.717) is 44.5 Å². The number of nitrogens with one attached hydrogen (secondary N) is 3. The van der Waals surface area contributed by atoms with Crippen LogP contribution in [0.5, 0.6) is 0 Å². The van der Waals surface area contributed by atoms with Gasteiger partial charge in [0.05, 0.1) is 33.5 Å². The van der Waals surface area contributed by atoms with Crippen molar-refractivity contribution in [2.75, 3.05) is 5.32 Å². The van der Waals surface area contributed by atoms with E-state index in [0.717, 1.165) is 53.6 Å². The van der Waals surface area contributed by atoms with Gasteiger partial charge in [-0.15, -0.1) is 11.3 Å². The van der Waals surface area contributed by atoms with Gasteiger partial charge in [-0.05, 0) is 49.2 Å². The molecule has 0 atom stereocenters. The number of amides is 1. The molecule has 0 saturated heterocycles. The van der Waals surface area contributed by atoms with Gasteiger partial charge in [0.15, 0.2) is 16.6 Å². The molecule has 1 fully saturated rings. The Hall–Kier alpha value is -4.51. The number of hydrogen-bond acceptors (Lipinski definition) is 7. The fourth-order valence-electron chi connectivity index (χ4n) is 5.15. The third kappa shape index (κ3) is 4.44. The summed E-state index contributed by atoms with van der Waals surface area (Å²) in [6.07, 6.45) is 10.3.